The van der Waals surface area contributed by atoms with Crippen LogP contribution in [0.2, 0.25) is 0 Å². The zero-order valence-electron chi connectivity index (χ0n) is 11.2. The van der Waals surface area contributed by atoms with Crippen LogP contribution in [0.1, 0.15) is 31.8 Å². The highest BCUT2D eigenvalue weighted by atomic mass is 16.4. The molecule has 0 saturated carbocycles. The van der Waals surface area contributed by atoms with E-state index in [0.29, 0.717) is 11.1 Å². The first kappa shape index (κ1) is 14.7. The highest BCUT2D eigenvalue weighted by molar-refractivity contribution is 6.07. The highest BCUT2D eigenvalue weighted by Crippen LogP contribution is 2.12. The van der Waals surface area contributed by atoms with Gasteiger partial charge in [0.2, 0.25) is 0 Å². The second kappa shape index (κ2) is 6.63. The number of hydrogen-bond donors (Lipinski definition) is 2. The number of carboxylic acid groups (broad SMARTS) is 1. The van der Waals surface area contributed by atoms with E-state index in [0.717, 1.165) is 5.56 Å². The zero-order valence-corrected chi connectivity index (χ0v) is 11.2. The molecule has 0 bridgehead atoms. The molecule has 4 heteroatoms. The first-order valence-electron chi connectivity index (χ1n) is 6.36. The average Bonchev–Trinajstić information content (AvgIpc) is 2.52. The van der Waals surface area contributed by atoms with Crippen molar-refractivity contribution in [1.29, 1.82) is 0 Å². The number of rotatable bonds is 5. The van der Waals surface area contributed by atoms with Gasteiger partial charge in [-0.1, -0.05) is 48.5 Å². The molecule has 0 saturated heterocycles. The molecule has 0 unspecified atom stereocenters. The molecule has 2 aromatic rings. The van der Waals surface area contributed by atoms with Gasteiger partial charge < -0.3 is 10.2 Å². The molecule has 0 fully saturated rings. The molecule has 0 spiro atoms. The lowest BCUT2D eigenvalue weighted by molar-refractivity contribution is 0.0696. The quantitative estimate of drug-likeness (QED) is 0.653. The molecule has 2 aromatic carbocycles. The third-order valence-corrected chi connectivity index (χ3v) is 3.03. The van der Waals surface area contributed by atoms with Crippen molar-refractivity contribution in [2.45, 2.75) is 6.61 Å². The van der Waals surface area contributed by atoms with Crippen LogP contribution in [0.25, 0.3) is 6.08 Å². The molecule has 0 aromatic heterocycles. The summed E-state index contributed by atoms with van der Waals surface area (Å²) in [6.07, 6.45) is 2.83. The van der Waals surface area contributed by atoms with Gasteiger partial charge in [0.1, 0.15) is 0 Å². The van der Waals surface area contributed by atoms with E-state index in [9.17, 15) is 9.59 Å². The average molecular weight is 282 g/mol. The number of benzene rings is 2. The van der Waals surface area contributed by atoms with Crippen LogP contribution < -0.4 is 0 Å². The van der Waals surface area contributed by atoms with Crippen LogP contribution >= 0.6 is 0 Å². The van der Waals surface area contributed by atoms with Crippen molar-refractivity contribution < 1.29 is 19.8 Å². The van der Waals surface area contributed by atoms with Crippen molar-refractivity contribution in [3.8, 4) is 0 Å². The fourth-order valence-corrected chi connectivity index (χ4v) is 1.87. The maximum Gasteiger partial charge on any atom is 0.336 e. The fraction of sp³-hybridized carbons (Fsp3) is 0.0588. The van der Waals surface area contributed by atoms with Gasteiger partial charge >= 0.3 is 5.97 Å². The third kappa shape index (κ3) is 3.64. The van der Waals surface area contributed by atoms with Gasteiger partial charge in [0.15, 0.2) is 5.78 Å². The van der Waals surface area contributed by atoms with Crippen molar-refractivity contribution in [3.05, 3.63) is 76.9 Å². The Balaban J connectivity index is 2.20. The summed E-state index contributed by atoms with van der Waals surface area (Å²) in [5, 5.41) is 18.0. The summed E-state index contributed by atoms with van der Waals surface area (Å²) >= 11 is 0. The van der Waals surface area contributed by atoms with E-state index in [1.807, 2.05) is 0 Å². The van der Waals surface area contributed by atoms with Gasteiger partial charge in [-0.05, 0) is 23.3 Å². The second-order valence-electron chi connectivity index (χ2n) is 4.45. The van der Waals surface area contributed by atoms with Gasteiger partial charge in [-0.2, -0.15) is 0 Å². The van der Waals surface area contributed by atoms with Gasteiger partial charge in [-0.25, -0.2) is 4.79 Å². The number of aliphatic hydroxyl groups is 1. The van der Waals surface area contributed by atoms with Crippen LogP contribution in [-0.4, -0.2) is 22.0 Å². The number of aromatic carboxylic acids is 1. The molecule has 2 rings (SSSR count). The second-order valence-corrected chi connectivity index (χ2v) is 4.45. The number of hydrogen-bond acceptors (Lipinski definition) is 3. The van der Waals surface area contributed by atoms with Crippen LogP contribution in [0.3, 0.4) is 0 Å². The number of carbonyl (C=O) groups excluding carboxylic acids is 1. The molecular formula is C17H14O4. The summed E-state index contributed by atoms with van der Waals surface area (Å²) in [5.74, 6) is -1.25. The van der Waals surface area contributed by atoms with E-state index in [-0.39, 0.29) is 18.0 Å². The summed E-state index contributed by atoms with van der Waals surface area (Å²) in [4.78, 5) is 23.1. The first-order valence-corrected chi connectivity index (χ1v) is 6.36. The van der Waals surface area contributed by atoms with Crippen molar-refractivity contribution >= 4 is 17.8 Å². The fourth-order valence-electron chi connectivity index (χ4n) is 1.87. The maximum absolute atomic E-state index is 12.0. The number of carboxylic acids is 1. The number of aliphatic hydroxyl groups excluding tert-OH is 1. The Hall–Kier alpha value is -2.72. The van der Waals surface area contributed by atoms with E-state index in [1.165, 1.54) is 18.2 Å². The summed E-state index contributed by atoms with van der Waals surface area (Å²) in [7, 11) is 0. The van der Waals surface area contributed by atoms with E-state index in [4.69, 9.17) is 10.2 Å². The molecule has 0 aliphatic heterocycles. The normalized spacial score (nSPS) is 10.7. The van der Waals surface area contributed by atoms with Crippen LogP contribution in [-0.2, 0) is 6.61 Å². The Labute approximate surface area is 122 Å². The molecule has 2 N–H and O–H groups in total. The van der Waals surface area contributed by atoms with Gasteiger partial charge in [0.25, 0.3) is 0 Å². The van der Waals surface area contributed by atoms with Crippen molar-refractivity contribution in [1.82, 2.24) is 0 Å². The molecule has 21 heavy (non-hydrogen) atoms. The molecule has 0 aliphatic carbocycles. The minimum atomic E-state index is -1.03. The molecule has 0 atom stereocenters. The molecule has 0 amide bonds. The largest absolute Gasteiger partial charge is 0.478 e. The van der Waals surface area contributed by atoms with Gasteiger partial charge in [0, 0.05) is 5.56 Å². The smallest absolute Gasteiger partial charge is 0.336 e. The standard InChI is InChI=1S/C17H14O4/c18-11-12-5-7-14(8-6-12)16(19)10-9-13-3-1-2-4-15(13)17(20)21/h1-10,18H,11H2,(H,20,21)/b10-9+. The van der Waals surface area contributed by atoms with E-state index >= 15 is 0 Å². The number of carbonyl (C=O) groups is 2. The Kier molecular flexibility index (Phi) is 4.64. The van der Waals surface area contributed by atoms with Gasteiger partial charge in [-0.3, -0.25) is 4.79 Å². The third-order valence-electron chi connectivity index (χ3n) is 3.03. The van der Waals surface area contributed by atoms with Crippen LogP contribution in [0.5, 0.6) is 0 Å². The lowest BCUT2D eigenvalue weighted by atomic mass is 10.0. The topological polar surface area (TPSA) is 74.6 Å². The van der Waals surface area contributed by atoms with Crippen LogP contribution in [0.15, 0.2) is 54.6 Å². The summed E-state index contributed by atoms with van der Waals surface area (Å²) in [6.45, 7) is -0.0731. The van der Waals surface area contributed by atoms with E-state index in [1.54, 1.807) is 42.5 Å². The predicted molar refractivity (Wildman–Crippen MR) is 79.1 cm³/mol. The van der Waals surface area contributed by atoms with E-state index < -0.39 is 5.97 Å². The van der Waals surface area contributed by atoms with Crippen LogP contribution in [0.4, 0.5) is 0 Å². The van der Waals surface area contributed by atoms with Gasteiger partial charge in [0.05, 0.1) is 12.2 Å². The summed E-state index contributed by atoms with van der Waals surface area (Å²) < 4.78 is 0. The summed E-state index contributed by atoms with van der Waals surface area (Å²) in [5.41, 5.74) is 1.84. The predicted octanol–water partition coefficient (Wildman–Crippen LogP) is 2.77. The lowest BCUT2D eigenvalue weighted by Gasteiger charge is -2.01. The molecule has 0 heterocycles. The minimum absolute atomic E-state index is 0.0731. The molecule has 0 aliphatic rings. The Morgan fingerprint density at radius 3 is 2.29 bits per heavy atom. The van der Waals surface area contributed by atoms with Crippen molar-refractivity contribution in [2.24, 2.45) is 0 Å². The lowest BCUT2D eigenvalue weighted by Crippen LogP contribution is -1.99. The van der Waals surface area contributed by atoms with Crippen molar-refractivity contribution in [3.63, 3.8) is 0 Å². The van der Waals surface area contributed by atoms with Gasteiger partial charge in [-0.15, -0.1) is 0 Å². The number of ketones is 1. The Morgan fingerprint density at radius 1 is 1.00 bits per heavy atom. The first-order chi connectivity index (χ1) is 10.1. The van der Waals surface area contributed by atoms with Crippen LogP contribution in [0, 0.1) is 0 Å². The molecule has 4 nitrogen and oxygen atoms in total. The Bertz CT molecular complexity index is 684. The maximum atomic E-state index is 12.0. The zero-order chi connectivity index (χ0) is 15.2. The van der Waals surface area contributed by atoms with E-state index in [2.05, 4.69) is 0 Å². The SMILES string of the molecule is O=C(/C=C/c1ccccc1C(=O)O)c1ccc(CO)cc1. The molecule has 106 valence electrons. The minimum Gasteiger partial charge on any atom is -0.478 e. The summed E-state index contributed by atoms with van der Waals surface area (Å²) in [6, 6.07) is 13.1. The Morgan fingerprint density at radius 2 is 1.67 bits per heavy atom. The highest BCUT2D eigenvalue weighted by Gasteiger charge is 2.07. The molecule has 0 radical (unpaired) electrons. The monoisotopic (exact) mass is 282 g/mol. The molecular weight excluding hydrogens is 268 g/mol. The van der Waals surface area contributed by atoms with Crippen molar-refractivity contribution in [2.75, 3.05) is 0 Å². The number of allylic oxidation sites excluding steroid dienone is 1.